The summed E-state index contributed by atoms with van der Waals surface area (Å²) in [6, 6.07) is 0. The molecule has 0 amide bonds. The third-order valence-corrected chi connectivity index (χ3v) is 1.40. The summed E-state index contributed by atoms with van der Waals surface area (Å²) < 4.78 is 0. The summed E-state index contributed by atoms with van der Waals surface area (Å²) in [5.41, 5.74) is 0.582. The minimum absolute atomic E-state index is 0.412. The fourth-order valence-corrected chi connectivity index (χ4v) is 0.512. The van der Waals surface area contributed by atoms with Crippen molar-refractivity contribution < 1.29 is 14.7 Å². The lowest BCUT2D eigenvalue weighted by Crippen LogP contribution is -2.07. The molecule has 0 aliphatic carbocycles. The second kappa shape index (κ2) is 4.66. The van der Waals surface area contributed by atoms with Gasteiger partial charge in [-0.3, -0.25) is 9.59 Å². The third-order valence-electron chi connectivity index (χ3n) is 1.40. The van der Waals surface area contributed by atoms with Crippen LogP contribution in [0.25, 0.3) is 0 Å². The van der Waals surface area contributed by atoms with E-state index >= 15 is 0 Å². The standard InChI is InChI=1S/C8H12O3/c1-6(5-9)3-4-7(2)8(10)11/h3,5,7H,4H2,1-2H3,(H,10,11)/b6-3+. The number of hydrogen-bond donors (Lipinski definition) is 1. The van der Waals surface area contributed by atoms with Gasteiger partial charge in [0, 0.05) is 0 Å². The summed E-state index contributed by atoms with van der Waals surface area (Å²) >= 11 is 0. The van der Waals surface area contributed by atoms with Crippen LogP contribution in [0.4, 0.5) is 0 Å². The second-order valence-corrected chi connectivity index (χ2v) is 2.54. The maximum absolute atomic E-state index is 10.3. The first kappa shape index (κ1) is 9.88. The molecular formula is C8H12O3. The molecular weight excluding hydrogens is 144 g/mol. The Balaban J connectivity index is 3.87. The molecule has 3 nitrogen and oxygen atoms in total. The van der Waals surface area contributed by atoms with Gasteiger partial charge in [-0.2, -0.15) is 0 Å². The SMILES string of the molecule is C/C(C=O)=C\CC(C)C(=O)O. The van der Waals surface area contributed by atoms with Crippen LogP contribution in [0.5, 0.6) is 0 Å². The summed E-state index contributed by atoms with van der Waals surface area (Å²) in [5.74, 6) is -1.25. The molecule has 3 heteroatoms. The molecule has 0 aliphatic heterocycles. The predicted molar refractivity (Wildman–Crippen MR) is 41.2 cm³/mol. The minimum Gasteiger partial charge on any atom is -0.481 e. The number of hydrogen-bond acceptors (Lipinski definition) is 2. The van der Waals surface area contributed by atoms with Gasteiger partial charge in [0.1, 0.15) is 6.29 Å². The van der Waals surface area contributed by atoms with E-state index in [9.17, 15) is 9.59 Å². The van der Waals surface area contributed by atoms with E-state index < -0.39 is 11.9 Å². The van der Waals surface area contributed by atoms with Crippen molar-refractivity contribution in [1.82, 2.24) is 0 Å². The number of carboxylic acid groups (broad SMARTS) is 1. The smallest absolute Gasteiger partial charge is 0.306 e. The summed E-state index contributed by atoms with van der Waals surface area (Å²) in [6.07, 6.45) is 2.76. The van der Waals surface area contributed by atoms with Gasteiger partial charge in [0.25, 0.3) is 0 Å². The van der Waals surface area contributed by atoms with Crippen LogP contribution in [-0.4, -0.2) is 17.4 Å². The van der Waals surface area contributed by atoms with E-state index in [0.717, 1.165) is 0 Å². The number of allylic oxidation sites excluding steroid dienone is 2. The Kier molecular flexibility index (Phi) is 4.18. The molecule has 0 aromatic heterocycles. The molecule has 0 aromatic rings. The molecule has 1 atom stereocenters. The van der Waals surface area contributed by atoms with Gasteiger partial charge >= 0.3 is 5.97 Å². The Morgan fingerprint density at radius 3 is 2.55 bits per heavy atom. The monoisotopic (exact) mass is 156 g/mol. The normalized spacial score (nSPS) is 14.2. The first-order valence-corrected chi connectivity index (χ1v) is 3.42. The van der Waals surface area contributed by atoms with Gasteiger partial charge in [0.15, 0.2) is 0 Å². The Hall–Kier alpha value is -1.12. The third kappa shape index (κ3) is 4.31. The van der Waals surface area contributed by atoms with Crippen LogP contribution in [-0.2, 0) is 9.59 Å². The van der Waals surface area contributed by atoms with Crippen molar-refractivity contribution in [2.45, 2.75) is 20.3 Å². The highest BCUT2D eigenvalue weighted by molar-refractivity contribution is 5.73. The zero-order valence-corrected chi connectivity index (χ0v) is 6.70. The quantitative estimate of drug-likeness (QED) is 0.492. The summed E-state index contributed by atoms with van der Waals surface area (Å²) in [7, 11) is 0. The molecule has 0 saturated heterocycles. The predicted octanol–water partition coefficient (Wildman–Crippen LogP) is 1.24. The second-order valence-electron chi connectivity index (χ2n) is 2.54. The van der Waals surface area contributed by atoms with Crippen molar-refractivity contribution in [2.75, 3.05) is 0 Å². The average Bonchev–Trinajstić information content (AvgIpc) is 1.99. The first-order chi connectivity index (χ1) is 5.07. The highest BCUT2D eigenvalue weighted by Gasteiger charge is 2.07. The molecule has 0 radical (unpaired) electrons. The highest BCUT2D eigenvalue weighted by Crippen LogP contribution is 2.04. The van der Waals surface area contributed by atoms with E-state index in [1.54, 1.807) is 19.9 Å². The van der Waals surface area contributed by atoms with Crippen LogP contribution in [0.1, 0.15) is 20.3 Å². The van der Waals surface area contributed by atoms with E-state index in [1.165, 1.54) is 0 Å². The van der Waals surface area contributed by atoms with Crippen molar-refractivity contribution in [1.29, 1.82) is 0 Å². The van der Waals surface area contributed by atoms with Crippen molar-refractivity contribution >= 4 is 12.3 Å². The van der Waals surface area contributed by atoms with Gasteiger partial charge in [-0.15, -0.1) is 0 Å². The van der Waals surface area contributed by atoms with Crippen molar-refractivity contribution in [2.24, 2.45) is 5.92 Å². The summed E-state index contributed by atoms with van der Waals surface area (Å²) in [4.78, 5) is 20.4. The zero-order chi connectivity index (χ0) is 8.85. The molecule has 11 heavy (non-hydrogen) atoms. The lowest BCUT2D eigenvalue weighted by Gasteiger charge is -1.99. The van der Waals surface area contributed by atoms with E-state index in [0.29, 0.717) is 18.3 Å². The molecule has 62 valence electrons. The molecule has 0 saturated carbocycles. The maximum atomic E-state index is 10.3. The number of carbonyl (C=O) groups excluding carboxylic acids is 1. The van der Waals surface area contributed by atoms with Gasteiger partial charge in [-0.25, -0.2) is 0 Å². The number of carbonyl (C=O) groups is 2. The topological polar surface area (TPSA) is 54.4 Å². The lowest BCUT2D eigenvalue weighted by molar-refractivity contribution is -0.141. The Labute approximate surface area is 65.7 Å². The number of rotatable bonds is 4. The summed E-state index contributed by atoms with van der Waals surface area (Å²) in [5, 5.41) is 8.45. The molecule has 0 rings (SSSR count). The largest absolute Gasteiger partial charge is 0.481 e. The number of carboxylic acids is 1. The van der Waals surface area contributed by atoms with E-state index in [1.807, 2.05) is 0 Å². The Bertz CT molecular complexity index is 182. The van der Waals surface area contributed by atoms with Gasteiger partial charge in [0.2, 0.25) is 0 Å². The van der Waals surface area contributed by atoms with E-state index in [4.69, 9.17) is 5.11 Å². The van der Waals surface area contributed by atoms with Gasteiger partial charge < -0.3 is 5.11 Å². The molecule has 1 unspecified atom stereocenters. The maximum Gasteiger partial charge on any atom is 0.306 e. The van der Waals surface area contributed by atoms with Crippen molar-refractivity contribution in [3.8, 4) is 0 Å². The zero-order valence-electron chi connectivity index (χ0n) is 6.70. The molecule has 0 aromatic carbocycles. The van der Waals surface area contributed by atoms with Gasteiger partial charge in [-0.05, 0) is 18.9 Å². The molecule has 0 bridgehead atoms. The minimum atomic E-state index is -0.833. The number of aliphatic carboxylic acids is 1. The van der Waals surface area contributed by atoms with E-state index in [-0.39, 0.29) is 0 Å². The van der Waals surface area contributed by atoms with Crippen LogP contribution in [0.15, 0.2) is 11.6 Å². The molecule has 0 heterocycles. The van der Waals surface area contributed by atoms with E-state index in [2.05, 4.69) is 0 Å². The Morgan fingerprint density at radius 2 is 2.18 bits per heavy atom. The molecule has 1 N–H and O–H groups in total. The van der Waals surface area contributed by atoms with Crippen LogP contribution in [0, 0.1) is 5.92 Å². The van der Waals surface area contributed by atoms with Gasteiger partial charge in [-0.1, -0.05) is 13.0 Å². The van der Waals surface area contributed by atoms with Gasteiger partial charge in [0.05, 0.1) is 5.92 Å². The lowest BCUT2D eigenvalue weighted by atomic mass is 10.1. The molecule has 0 aliphatic rings. The van der Waals surface area contributed by atoms with Crippen LogP contribution in [0.3, 0.4) is 0 Å². The first-order valence-electron chi connectivity index (χ1n) is 3.42. The number of aldehydes is 1. The van der Waals surface area contributed by atoms with Crippen LogP contribution in [0.2, 0.25) is 0 Å². The average molecular weight is 156 g/mol. The van der Waals surface area contributed by atoms with Crippen LogP contribution < -0.4 is 0 Å². The van der Waals surface area contributed by atoms with Crippen LogP contribution >= 0.6 is 0 Å². The fraction of sp³-hybridized carbons (Fsp3) is 0.500. The van der Waals surface area contributed by atoms with Crippen molar-refractivity contribution in [3.05, 3.63) is 11.6 Å². The molecule has 0 spiro atoms. The van der Waals surface area contributed by atoms with Crippen molar-refractivity contribution in [3.63, 3.8) is 0 Å². The Morgan fingerprint density at radius 1 is 1.64 bits per heavy atom. The summed E-state index contributed by atoms with van der Waals surface area (Å²) in [6.45, 7) is 3.26. The fourth-order valence-electron chi connectivity index (χ4n) is 0.512. The molecule has 0 fully saturated rings. The highest BCUT2D eigenvalue weighted by atomic mass is 16.4.